The number of hydrogen-bond acceptors (Lipinski definition) is 3. The second-order valence-corrected chi connectivity index (χ2v) is 5.99. The van der Waals surface area contributed by atoms with Crippen LogP contribution in [0.25, 0.3) is 0 Å². The van der Waals surface area contributed by atoms with Gasteiger partial charge in [-0.2, -0.15) is 0 Å². The Morgan fingerprint density at radius 1 is 0.926 bits per heavy atom. The van der Waals surface area contributed by atoms with Crippen LogP contribution in [0.15, 0.2) is 48.5 Å². The standard InChI is InChI=1S/C22H22N2O3/c1-3-5-17-7-13-20(14-8-17)24-21(26)6-4-15-23-22(27)19-11-9-18(10-12-19)16(2)25/h7-14H,4,6,15H2,1-2H3,(H,23,27)(H,24,26). The number of carbonyl (C=O) groups is 3. The van der Waals surface area contributed by atoms with E-state index in [0.29, 0.717) is 30.5 Å². The first-order valence-electron chi connectivity index (χ1n) is 8.71. The normalized spacial score (nSPS) is 9.70. The largest absolute Gasteiger partial charge is 0.352 e. The summed E-state index contributed by atoms with van der Waals surface area (Å²) in [6, 6.07) is 13.8. The molecule has 138 valence electrons. The van der Waals surface area contributed by atoms with E-state index in [4.69, 9.17) is 0 Å². The van der Waals surface area contributed by atoms with Crippen LogP contribution in [0.2, 0.25) is 0 Å². The molecule has 2 aromatic carbocycles. The van der Waals surface area contributed by atoms with Crippen LogP contribution in [0.1, 0.15) is 53.0 Å². The van der Waals surface area contributed by atoms with Crippen LogP contribution in [-0.4, -0.2) is 24.1 Å². The van der Waals surface area contributed by atoms with Crippen molar-refractivity contribution in [3.8, 4) is 11.8 Å². The number of Topliss-reactive ketones (excluding diaryl/α,β-unsaturated/α-hetero) is 1. The van der Waals surface area contributed by atoms with Gasteiger partial charge in [0.15, 0.2) is 5.78 Å². The molecular formula is C22H22N2O3. The van der Waals surface area contributed by atoms with E-state index < -0.39 is 0 Å². The van der Waals surface area contributed by atoms with Crippen molar-refractivity contribution in [1.82, 2.24) is 5.32 Å². The quantitative estimate of drug-likeness (QED) is 0.450. The van der Waals surface area contributed by atoms with Gasteiger partial charge < -0.3 is 10.6 Å². The van der Waals surface area contributed by atoms with Gasteiger partial charge in [-0.3, -0.25) is 14.4 Å². The second-order valence-electron chi connectivity index (χ2n) is 5.99. The van der Waals surface area contributed by atoms with E-state index in [1.807, 2.05) is 24.3 Å². The third-order valence-electron chi connectivity index (χ3n) is 3.86. The highest BCUT2D eigenvalue weighted by Gasteiger charge is 2.07. The van der Waals surface area contributed by atoms with Gasteiger partial charge in [-0.15, -0.1) is 5.92 Å². The molecule has 0 heterocycles. The fourth-order valence-corrected chi connectivity index (χ4v) is 2.41. The van der Waals surface area contributed by atoms with E-state index in [9.17, 15) is 14.4 Å². The van der Waals surface area contributed by atoms with Gasteiger partial charge in [-0.1, -0.05) is 18.1 Å². The SMILES string of the molecule is CC#Cc1ccc(NC(=O)CCCNC(=O)c2ccc(C(C)=O)cc2)cc1. The van der Waals surface area contributed by atoms with E-state index in [2.05, 4.69) is 22.5 Å². The van der Waals surface area contributed by atoms with E-state index in [1.165, 1.54) is 6.92 Å². The van der Waals surface area contributed by atoms with Gasteiger partial charge in [0.05, 0.1) is 0 Å². The zero-order valence-electron chi connectivity index (χ0n) is 15.5. The summed E-state index contributed by atoms with van der Waals surface area (Å²) in [6.07, 6.45) is 0.836. The Hall–Kier alpha value is -3.39. The van der Waals surface area contributed by atoms with Crippen molar-refractivity contribution in [3.63, 3.8) is 0 Å². The minimum atomic E-state index is -0.224. The van der Waals surface area contributed by atoms with Crippen molar-refractivity contribution in [1.29, 1.82) is 0 Å². The molecule has 0 saturated carbocycles. The molecule has 2 N–H and O–H groups in total. The Morgan fingerprint density at radius 2 is 1.56 bits per heavy atom. The molecule has 2 amide bonds. The lowest BCUT2D eigenvalue weighted by atomic mass is 10.1. The molecule has 2 rings (SSSR count). The predicted molar refractivity (Wildman–Crippen MR) is 106 cm³/mol. The maximum absolute atomic E-state index is 12.0. The van der Waals surface area contributed by atoms with E-state index in [-0.39, 0.29) is 17.6 Å². The minimum absolute atomic E-state index is 0.0408. The monoisotopic (exact) mass is 362 g/mol. The Balaban J connectivity index is 1.72. The van der Waals surface area contributed by atoms with Crippen LogP contribution in [0.3, 0.4) is 0 Å². The highest BCUT2D eigenvalue weighted by Crippen LogP contribution is 2.09. The zero-order valence-corrected chi connectivity index (χ0v) is 15.5. The molecule has 0 aliphatic rings. The van der Waals surface area contributed by atoms with Gasteiger partial charge in [0.25, 0.3) is 5.91 Å². The van der Waals surface area contributed by atoms with Gasteiger partial charge in [0.2, 0.25) is 5.91 Å². The number of amides is 2. The van der Waals surface area contributed by atoms with Crippen molar-refractivity contribution in [3.05, 3.63) is 65.2 Å². The van der Waals surface area contributed by atoms with Gasteiger partial charge >= 0.3 is 0 Å². The predicted octanol–water partition coefficient (Wildman–Crippen LogP) is 3.41. The lowest BCUT2D eigenvalue weighted by Crippen LogP contribution is -2.25. The lowest BCUT2D eigenvalue weighted by Gasteiger charge is -2.07. The molecule has 0 unspecified atom stereocenters. The highest BCUT2D eigenvalue weighted by molar-refractivity contribution is 5.97. The van der Waals surface area contributed by atoms with Crippen LogP contribution in [0, 0.1) is 11.8 Å². The summed E-state index contributed by atoms with van der Waals surface area (Å²) in [5, 5.41) is 5.59. The topological polar surface area (TPSA) is 75.3 Å². The summed E-state index contributed by atoms with van der Waals surface area (Å²) < 4.78 is 0. The lowest BCUT2D eigenvalue weighted by molar-refractivity contribution is -0.116. The Bertz CT molecular complexity index is 873. The van der Waals surface area contributed by atoms with E-state index in [1.54, 1.807) is 31.2 Å². The number of benzene rings is 2. The number of carbonyl (C=O) groups excluding carboxylic acids is 3. The number of rotatable bonds is 7. The first-order chi connectivity index (χ1) is 13.0. The Labute approximate surface area is 159 Å². The molecule has 5 heteroatoms. The summed E-state index contributed by atoms with van der Waals surface area (Å²) >= 11 is 0. The highest BCUT2D eigenvalue weighted by atomic mass is 16.2. The summed E-state index contributed by atoms with van der Waals surface area (Å²) in [5.41, 5.74) is 2.67. The van der Waals surface area contributed by atoms with Crippen molar-refractivity contribution in [2.24, 2.45) is 0 Å². The molecule has 0 aliphatic carbocycles. The maximum Gasteiger partial charge on any atom is 0.251 e. The molecular weight excluding hydrogens is 340 g/mol. The van der Waals surface area contributed by atoms with Crippen LogP contribution >= 0.6 is 0 Å². The molecule has 27 heavy (non-hydrogen) atoms. The van der Waals surface area contributed by atoms with Crippen LogP contribution < -0.4 is 10.6 Å². The zero-order chi connectivity index (χ0) is 19.6. The fraction of sp³-hybridized carbons (Fsp3) is 0.227. The van der Waals surface area contributed by atoms with Crippen molar-refractivity contribution in [2.45, 2.75) is 26.7 Å². The van der Waals surface area contributed by atoms with Crippen molar-refractivity contribution < 1.29 is 14.4 Å². The Kier molecular flexibility index (Phi) is 7.33. The first kappa shape index (κ1) is 19.9. The molecule has 0 radical (unpaired) electrons. The Morgan fingerprint density at radius 3 is 2.15 bits per heavy atom. The van der Waals surface area contributed by atoms with E-state index in [0.717, 1.165) is 11.3 Å². The molecule has 0 aliphatic heterocycles. The average molecular weight is 362 g/mol. The van der Waals surface area contributed by atoms with Gasteiger partial charge in [-0.25, -0.2) is 0 Å². The molecule has 2 aromatic rings. The molecule has 0 bridgehead atoms. The first-order valence-corrected chi connectivity index (χ1v) is 8.71. The maximum atomic E-state index is 12.0. The number of ketones is 1. The molecule has 5 nitrogen and oxygen atoms in total. The fourth-order valence-electron chi connectivity index (χ4n) is 2.41. The van der Waals surface area contributed by atoms with Crippen LogP contribution in [0.5, 0.6) is 0 Å². The summed E-state index contributed by atoms with van der Waals surface area (Å²) in [6.45, 7) is 3.65. The summed E-state index contributed by atoms with van der Waals surface area (Å²) in [4.78, 5) is 35.2. The van der Waals surface area contributed by atoms with Crippen molar-refractivity contribution in [2.75, 3.05) is 11.9 Å². The third-order valence-corrected chi connectivity index (χ3v) is 3.86. The van der Waals surface area contributed by atoms with Gasteiger partial charge in [-0.05, 0) is 56.7 Å². The molecule has 0 fully saturated rings. The van der Waals surface area contributed by atoms with Gasteiger partial charge in [0.1, 0.15) is 0 Å². The molecule has 0 atom stereocenters. The molecule has 0 saturated heterocycles. The number of nitrogens with one attached hydrogen (secondary N) is 2. The number of hydrogen-bond donors (Lipinski definition) is 2. The summed E-state index contributed by atoms with van der Waals surface area (Å²) in [5.74, 6) is 5.39. The van der Waals surface area contributed by atoms with Gasteiger partial charge in [0, 0.05) is 35.3 Å². The third kappa shape index (κ3) is 6.44. The molecule has 0 aromatic heterocycles. The van der Waals surface area contributed by atoms with Crippen LogP contribution in [0.4, 0.5) is 5.69 Å². The number of anilines is 1. The van der Waals surface area contributed by atoms with Crippen LogP contribution in [-0.2, 0) is 4.79 Å². The average Bonchev–Trinajstić information content (AvgIpc) is 2.67. The van der Waals surface area contributed by atoms with E-state index >= 15 is 0 Å². The second kappa shape index (κ2) is 9.93. The minimum Gasteiger partial charge on any atom is -0.352 e. The smallest absolute Gasteiger partial charge is 0.251 e. The van der Waals surface area contributed by atoms with Crippen molar-refractivity contribution >= 4 is 23.3 Å². The summed E-state index contributed by atoms with van der Waals surface area (Å²) in [7, 11) is 0. The molecule has 0 spiro atoms.